The Morgan fingerprint density at radius 3 is 2.62 bits per heavy atom. The number of nitriles is 1. The van der Waals surface area contributed by atoms with E-state index in [9.17, 15) is 10.1 Å². The lowest BCUT2D eigenvalue weighted by atomic mass is 10.0. The first-order valence-corrected chi connectivity index (χ1v) is 12.7. The van der Waals surface area contributed by atoms with Gasteiger partial charge in [-0.1, -0.05) is 23.8 Å². The lowest BCUT2D eigenvalue weighted by Gasteiger charge is -2.10. The normalized spacial score (nSPS) is 10.8. The first-order valence-electron chi connectivity index (χ1n) is 10.9. The predicted molar refractivity (Wildman–Crippen MR) is 141 cm³/mol. The molecule has 0 fully saturated rings. The number of pyridine rings is 1. The number of thioether (sulfide) groups is 1. The van der Waals surface area contributed by atoms with Crippen LogP contribution in [-0.4, -0.2) is 23.8 Å². The van der Waals surface area contributed by atoms with Gasteiger partial charge in [0, 0.05) is 28.5 Å². The number of hydrogen-bond donors (Lipinski definition) is 1. The zero-order valence-electron chi connectivity index (χ0n) is 19.6. The van der Waals surface area contributed by atoms with E-state index < -0.39 is 0 Å². The molecule has 2 aromatic carbocycles. The molecule has 4 aromatic rings. The number of rotatable bonds is 7. The van der Waals surface area contributed by atoms with Crippen LogP contribution < -0.4 is 10.1 Å². The molecule has 5 nitrogen and oxygen atoms in total. The molecule has 0 atom stereocenters. The van der Waals surface area contributed by atoms with Crippen molar-refractivity contribution in [1.82, 2.24) is 4.98 Å². The Morgan fingerprint density at radius 2 is 1.91 bits per heavy atom. The van der Waals surface area contributed by atoms with Crippen LogP contribution in [0.5, 0.6) is 5.75 Å². The van der Waals surface area contributed by atoms with Gasteiger partial charge in [0.15, 0.2) is 0 Å². The van der Waals surface area contributed by atoms with Crippen molar-refractivity contribution in [1.29, 1.82) is 5.26 Å². The highest BCUT2D eigenvalue weighted by Crippen LogP contribution is 2.36. The SMILES string of the molecule is COc1ccc(-c2csc(NC(=O)CCSc3cc(C)c4cc(C)cc(C)c4n3)c2C#N)cc1. The minimum atomic E-state index is -0.114. The molecule has 0 aliphatic carbocycles. The molecule has 4 rings (SSSR count). The largest absolute Gasteiger partial charge is 0.497 e. The molecule has 0 bridgehead atoms. The van der Waals surface area contributed by atoms with Gasteiger partial charge in [0.2, 0.25) is 5.91 Å². The maximum Gasteiger partial charge on any atom is 0.225 e. The number of nitrogens with zero attached hydrogens (tertiary/aromatic N) is 2. The van der Waals surface area contributed by atoms with Gasteiger partial charge in [-0.2, -0.15) is 5.26 Å². The summed E-state index contributed by atoms with van der Waals surface area (Å²) in [7, 11) is 1.62. The van der Waals surface area contributed by atoms with Gasteiger partial charge in [-0.05, 0) is 61.7 Å². The number of amides is 1. The van der Waals surface area contributed by atoms with Crippen LogP contribution in [0, 0.1) is 32.1 Å². The second kappa shape index (κ2) is 10.3. The summed E-state index contributed by atoms with van der Waals surface area (Å²) in [6.45, 7) is 6.27. The van der Waals surface area contributed by atoms with Crippen molar-refractivity contribution in [3.8, 4) is 22.9 Å². The summed E-state index contributed by atoms with van der Waals surface area (Å²) < 4.78 is 5.20. The van der Waals surface area contributed by atoms with Crippen molar-refractivity contribution in [2.45, 2.75) is 32.2 Å². The van der Waals surface area contributed by atoms with Crippen LogP contribution in [0.1, 0.15) is 28.7 Å². The summed E-state index contributed by atoms with van der Waals surface area (Å²) in [5.41, 5.74) is 6.79. The number of hydrogen-bond acceptors (Lipinski definition) is 6. The smallest absolute Gasteiger partial charge is 0.225 e. The van der Waals surface area contributed by atoms with Crippen molar-refractivity contribution in [3.63, 3.8) is 0 Å². The van der Waals surface area contributed by atoms with Gasteiger partial charge in [-0.25, -0.2) is 4.98 Å². The van der Waals surface area contributed by atoms with E-state index in [-0.39, 0.29) is 5.91 Å². The molecule has 7 heteroatoms. The highest BCUT2D eigenvalue weighted by molar-refractivity contribution is 7.99. The summed E-state index contributed by atoms with van der Waals surface area (Å²) in [5, 5.41) is 17.2. The van der Waals surface area contributed by atoms with E-state index in [1.54, 1.807) is 18.9 Å². The van der Waals surface area contributed by atoms with Crippen molar-refractivity contribution in [3.05, 3.63) is 70.1 Å². The molecule has 1 N–H and O–H groups in total. The number of thiophene rings is 1. The van der Waals surface area contributed by atoms with Crippen molar-refractivity contribution >= 4 is 44.9 Å². The molecule has 0 saturated heterocycles. The van der Waals surface area contributed by atoms with Gasteiger partial charge < -0.3 is 10.1 Å². The number of anilines is 1. The summed E-state index contributed by atoms with van der Waals surface area (Å²) >= 11 is 2.94. The number of nitrogens with one attached hydrogen (secondary N) is 1. The highest BCUT2D eigenvalue weighted by Gasteiger charge is 2.16. The Kier molecular flexibility index (Phi) is 7.20. The summed E-state index contributed by atoms with van der Waals surface area (Å²) in [6, 6.07) is 16.2. The Bertz CT molecular complexity index is 1400. The second-order valence-corrected chi connectivity index (χ2v) is 10.1. The van der Waals surface area contributed by atoms with Crippen LogP contribution in [0.4, 0.5) is 5.00 Å². The molecule has 1 amide bonds. The monoisotopic (exact) mass is 487 g/mol. The fraction of sp³-hybridized carbons (Fsp3) is 0.222. The minimum Gasteiger partial charge on any atom is -0.497 e. The molecule has 2 aromatic heterocycles. The Balaban J connectivity index is 1.41. The predicted octanol–water partition coefficient (Wildman–Crippen LogP) is 6.89. The van der Waals surface area contributed by atoms with Crippen LogP contribution in [0.15, 0.2) is 52.9 Å². The third-order valence-electron chi connectivity index (χ3n) is 5.57. The second-order valence-electron chi connectivity index (χ2n) is 8.10. The average Bonchev–Trinajstić information content (AvgIpc) is 3.22. The Morgan fingerprint density at radius 1 is 1.15 bits per heavy atom. The van der Waals surface area contributed by atoms with Crippen LogP contribution in [-0.2, 0) is 4.79 Å². The van der Waals surface area contributed by atoms with Gasteiger partial charge in [-0.15, -0.1) is 23.1 Å². The highest BCUT2D eigenvalue weighted by atomic mass is 32.2. The molecule has 2 heterocycles. The van der Waals surface area contributed by atoms with E-state index in [0.29, 0.717) is 22.7 Å². The van der Waals surface area contributed by atoms with Crippen LogP contribution in [0.3, 0.4) is 0 Å². The van der Waals surface area contributed by atoms with Gasteiger partial charge in [0.1, 0.15) is 16.8 Å². The van der Waals surface area contributed by atoms with Crippen LogP contribution in [0.25, 0.3) is 22.0 Å². The van der Waals surface area contributed by atoms with Crippen LogP contribution >= 0.6 is 23.1 Å². The zero-order chi connectivity index (χ0) is 24.2. The maximum atomic E-state index is 12.6. The number of benzene rings is 2. The molecule has 34 heavy (non-hydrogen) atoms. The average molecular weight is 488 g/mol. The minimum absolute atomic E-state index is 0.114. The number of methoxy groups -OCH3 is 1. The van der Waals surface area contributed by atoms with E-state index in [4.69, 9.17) is 9.72 Å². The lowest BCUT2D eigenvalue weighted by Crippen LogP contribution is -2.12. The summed E-state index contributed by atoms with van der Waals surface area (Å²) in [5.74, 6) is 1.24. The number of fused-ring (bicyclic) bond motifs is 1. The number of ether oxygens (including phenoxy) is 1. The Hall–Kier alpha value is -3.34. The third kappa shape index (κ3) is 5.09. The first-order chi connectivity index (χ1) is 16.4. The molecule has 0 unspecified atom stereocenters. The molecule has 0 saturated carbocycles. The van der Waals surface area contributed by atoms with E-state index in [1.807, 2.05) is 29.6 Å². The van der Waals surface area contributed by atoms with Gasteiger partial charge in [0.25, 0.3) is 0 Å². The van der Waals surface area contributed by atoms with Gasteiger partial charge in [-0.3, -0.25) is 4.79 Å². The van der Waals surface area contributed by atoms with E-state index in [0.717, 1.165) is 33.0 Å². The van der Waals surface area contributed by atoms with E-state index in [2.05, 4.69) is 50.4 Å². The molecule has 0 radical (unpaired) electrons. The van der Waals surface area contributed by atoms with E-state index >= 15 is 0 Å². The fourth-order valence-electron chi connectivity index (χ4n) is 3.87. The van der Waals surface area contributed by atoms with Crippen molar-refractivity contribution in [2.75, 3.05) is 18.2 Å². The summed E-state index contributed by atoms with van der Waals surface area (Å²) in [6.07, 6.45) is 0.330. The van der Waals surface area contributed by atoms with Crippen molar-refractivity contribution < 1.29 is 9.53 Å². The molecular formula is C27H25N3O2S2. The van der Waals surface area contributed by atoms with Crippen LogP contribution in [0.2, 0.25) is 0 Å². The summed E-state index contributed by atoms with van der Waals surface area (Å²) in [4.78, 5) is 17.4. The fourth-order valence-corrected chi connectivity index (χ4v) is 5.72. The lowest BCUT2D eigenvalue weighted by molar-refractivity contribution is -0.115. The molecule has 0 aliphatic rings. The molecule has 0 aliphatic heterocycles. The van der Waals surface area contributed by atoms with Crippen molar-refractivity contribution in [2.24, 2.45) is 0 Å². The first kappa shape index (κ1) is 23.8. The number of aryl methyl sites for hydroxylation is 3. The van der Waals surface area contributed by atoms with E-state index in [1.165, 1.54) is 27.8 Å². The number of carbonyl (C=O) groups excluding carboxylic acids is 1. The standard InChI is InChI=1S/C27H25N3O2S2/c1-16-11-18(3)26-21(12-16)17(2)13-25(30-26)33-10-9-24(31)29-27-22(14-28)23(15-34-27)19-5-7-20(32-4)8-6-19/h5-8,11-13,15H,9-10H2,1-4H3,(H,29,31). The maximum absolute atomic E-state index is 12.6. The van der Waals surface area contributed by atoms with Gasteiger partial charge in [0.05, 0.1) is 23.2 Å². The molecular weight excluding hydrogens is 462 g/mol. The zero-order valence-corrected chi connectivity index (χ0v) is 21.2. The number of aromatic nitrogens is 1. The quantitative estimate of drug-likeness (QED) is 0.287. The van der Waals surface area contributed by atoms with Gasteiger partial charge >= 0.3 is 0 Å². The number of carbonyl (C=O) groups is 1. The molecule has 0 spiro atoms. The topological polar surface area (TPSA) is 75.0 Å². The Labute approximate surface area is 207 Å². The molecule has 172 valence electrons. The third-order valence-corrected chi connectivity index (χ3v) is 7.38.